The molecule has 1 heterocycles. The third-order valence-electron chi connectivity index (χ3n) is 6.21. The van der Waals surface area contributed by atoms with E-state index >= 15 is 0 Å². The van der Waals surface area contributed by atoms with E-state index in [1.807, 2.05) is 31.9 Å². The molecule has 1 saturated heterocycles. The van der Waals surface area contributed by atoms with Gasteiger partial charge >= 0.3 is 6.09 Å². The predicted octanol–water partition coefficient (Wildman–Crippen LogP) is 6.33. The van der Waals surface area contributed by atoms with Gasteiger partial charge in [-0.1, -0.05) is 25.5 Å². The van der Waals surface area contributed by atoms with Crippen molar-refractivity contribution in [1.82, 2.24) is 9.80 Å². The smallest absolute Gasteiger partial charge is 0.410 e. The summed E-state index contributed by atoms with van der Waals surface area (Å²) in [7, 11) is 0. The molecule has 1 amide bonds. The Labute approximate surface area is 189 Å². The minimum absolute atomic E-state index is 0.0924. The molecule has 2 fully saturated rings. The fraction of sp³-hybridized carbons (Fsp3) is 0.692. The lowest BCUT2D eigenvalue weighted by Gasteiger charge is -2.42. The van der Waals surface area contributed by atoms with Gasteiger partial charge in [0, 0.05) is 48.9 Å². The third kappa shape index (κ3) is 6.72. The summed E-state index contributed by atoms with van der Waals surface area (Å²) < 4.78 is 5.61. The normalized spacial score (nSPS) is 22.5. The summed E-state index contributed by atoms with van der Waals surface area (Å²) in [6, 6.07) is 0.0924. The van der Waals surface area contributed by atoms with Crippen LogP contribution in [0.25, 0.3) is 0 Å². The number of hydrogen-bond donors (Lipinski definition) is 0. The Morgan fingerprint density at radius 3 is 2.35 bits per heavy atom. The van der Waals surface area contributed by atoms with E-state index in [4.69, 9.17) is 9.73 Å². The molecule has 0 radical (unpaired) electrons. The van der Waals surface area contributed by atoms with Crippen molar-refractivity contribution in [3.05, 3.63) is 35.2 Å². The Kier molecular flexibility index (Phi) is 8.96. The molecule has 1 unspecified atom stereocenters. The van der Waals surface area contributed by atoms with Gasteiger partial charge in [-0.3, -0.25) is 4.99 Å². The van der Waals surface area contributed by atoms with Crippen molar-refractivity contribution in [1.29, 1.82) is 0 Å². The van der Waals surface area contributed by atoms with Crippen LogP contribution in [0.2, 0.25) is 0 Å². The molecule has 0 aromatic rings. The van der Waals surface area contributed by atoms with Crippen LogP contribution in [0.1, 0.15) is 81.1 Å². The number of ether oxygens (including phenoxy) is 1. The number of piperazine rings is 1. The molecule has 1 aliphatic heterocycles. The first kappa shape index (κ1) is 25.2. The Balaban J connectivity index is 2.29. The molecule has 0 N–H and O–H groups in total. The number of aliphatic imine (C=N–C) groups is 1. The quantitative estimate of drug-likeness (QED) is 0.366. The summed E-state index contributed by atoms with van der Waals surface area (Å²) in [6.07, 6.45) is 10.9. The van der Waals surface area contributed by atoms with Gasteiger partial charge in [-0.05, 0) is 79.2 Å². The molecule has 174 valence electrons. The molecular formula is C26H43N3O2. The molecule has 0 bridgehead atoms. The topological polar surface area (TPSA) is 45.1 Å². The molecule has 5 heteroatoms. The SMILES string of the molecule is C\C=C(C(/C(C)=N/C=C/CC)=C(/C)N1CCN(C(=O)OC(C)(C)C)C(C)C1)\C1CCC1. The van der Waals surface area contributed by atoms with E-state index < -0.39 is 5.60 Å². The zero-order chi connectivity index (χ0) is 23.2. The fourth-order valence-electron chi connectivity index (χ4n) is 4.33. The fourth-order valence-corrected chi connectivity index (χ4v) is 4.33. The second kappa shape index (κ2) is 11.0. The molecule has 1 atom stereocenters. The third-order valence-corrected chi connectivity index (χ3v) is 6.21. The Morgan fingerprint density at radius 2 is 1.87 bits per heavy atom. The zero-order valence-corrected chi connectivity index (χ0v) is 21.0. The Bertz CT molecular complexity index is 751. The lowest BCUT2D eigenvalue weighted by Crippen LogP contribution is -2.54. The lowest BCUT2D eigenvalue weighted by molar-refractivity contribution is 0.00493. The first-order valence-electron chi connectivity index (χ1n) is 11.9. The molecule has 0 spiro atoms. The summed E-state index contributed by atoms with van der Waals surface area (Å²) in [5.74, 6) is 0.635. The highest BCUT2D eigenvalue weighted by Gasteiger charge is 2.33. The van der Waals surface area contributed by atoms with Crippen molar-refractivity contribution in [2.24, 2.45) is 10.9 Å². The molecule has 2 rings (SSSR count). The van der Waals surface area contributed by atoms with Crippen LogP contribution in [0.3, 0.4) is 0 Å². The summed E-state index contributed by atoms with van der Waals surface area (Å²) in [5.41, 5.74) is 4.58. The van der Waals surface area contributed by atoms with Gasteiger partial charge in [-0.2, -0.15) is 0 Å². The summed E-state index contributed by atoms with van der Waals surface area (Å²) >= 11 is 0. The molecule has 0 aromatic heterocycles. The number of nitrogens with zero attached hydrogens (tertiary/aromatic N) is 3. The number of carbonyl (C=O) groups excluding carboxylic acids is 1. The molecule has 31 heavy (non-hydrogen) atoms. The number of amides is 1. The summed E-state index contributed by atoms with van der Waals surface area (Å²) in [6.45, 7) is 18.7. The van der Waals surface area contributed by atoms with Gasteiger partial charge in [-0.15, -0.1) is 0 Å². The van der Waals surface area contributed by atoms with Gasteiger partial charge < -0.3 is 14.5 Å². The zero-order valence-electron chi connectivity index (χ0n) is 21.0. The Morgan fingerprint density at radius 1 is 1.19 bits per heavy atom. The lowest BCUT2D eigenvalue weighted by atomic mass is 9.75. The van der Waals surface area contributed by atoms with Crippen LogP contribution in [-0.4, -0.2) is 52.9 Å². The van der Waals surface area contributed by atoms with Crippen LogP contribution >= 0.6 is 0 Å². The molecule has 2 aliphatic rings. The highest BCUT2D eigenvalue weighted by atomic mass is 16.6. The van der Waals surface area contributed by atoms with Crippen molar-refractivity contribution in [2.45, 2.75) is 92.7 Å². The average molecular weight is 430 g/mol. The molecule has 0 aromatic carbocycles. The Hall–Kier alpha value is -2.04. The van der Waals surface area contributed by atoms with Gasteiger partial charge in [0.1, 0.15) is 5.60 Å². The minimum atomic E-state index is -0.472. The maximum Gasteiger partial charge on any atom is 0.410 e. The number of hydrogen-bond acceptors (Lipinski definition) is 4. The van der Waals surface area contributed by atoms with E-state index in [1.165, 1.54) is 36.1 Å². The van der Waals surface area contributed by atoms with E-state index in [1.54, 1.807) is 0 Å². The van der Waals surface area contributed by atoms with E-state index in [0.717, 1.165) is 25.2 Å². The predicted molar refractivity (Wildman–Crippen MR) is 130 cm³/mol. The average Bonchev–Trinajstić information content (AvgIpc) is 2.64. The van der Waals surface area contributed by atoms with Gasteiger partial charge in [0.25, 0.3) is 0 Å². The molecule has 5 nitrogen and oxygen atoms in total. The van der Waals surface area contributed by atoms with E-state index in [-0.39, 0.29) is 12.1 Å². The van der Waals surface area contributed by atoms with Crippen molar-refractivity contribution >= 4 is 11.8 Å². The number of allylic oxidation sites excluding steroid dienone is 5. The van der Waals surface area contributed by atoms with Crippen molar-refractivity contribution in [2.75, 3.05) is 19.6 Å². The van der Waals surface area contributed by atoms with Crippen LogP contribution in [0.4, 0.5) is 4.79 Å². The largest absolute Gasteiger partial charge is 0.444 e. The van der Waals surface area contributed by atoms with Crippen LogP contribution in [0.15, 0.2) is 40.2 Å². The van der Waals surface area contributed by atoms with Crippen LogP contribution in [0.5, 0.6) is 0 Å². The minimum Gasteiger partial charge on any atom is -0.444 e. The van der Waals surface area contributed by atoms with E-state index in [0.29, 0.717) is 12.5 Å². The first-order chi connectivity index (χ1) is 14.6. The second-order valence-corrected chi connectivity index (χ2v) is 9.81. The van der Waals surface area contributed by atoms with Crippen molar-refractivity contribution < 1.29 is 9.53 Å². The van der Waals surface area contributed by atoms with Gasteiger partial charge in [-0.25, -0.2) is 4.79 Å². The number of carbonyl (C=O) groups is 1. The molecular weight excluding hydrogens is 386 g/mol. The van der Waals surface area contributed by atoms with E-state index in [2.05, 4.69) is 51.7 Å². The highest BCUT2D eigenvalue weighted by molar-refractivity contribution is 6.03. The van der Waals surface area contributed by atoms with Crippen molar-refractivity contribution in [3.8, 4) is 0 Å². The summed E-state index contributed by atoms with van der Waals surface area (Å²) in [4.78, 5) is 21.7. The second-order valence-electron chi connectivity index (χ2n) is 9.81. The van der Waals surface area contributed by atoms with Crippen LogP contribution in [0, 0.1) is 5.92 Å². The molecule has 1 saturated carbocycles. The first-order valence-corrected chi connectivity index (χ1v) is 11.9. The van der Waals surface area contributed by atoms with Gasteiger partial charge in [0.05, 0.1) is 0 Å². The van der Waals surface area contributed by atoms with Crippen LogP contribution < -0.4 is 0 Å². The van der Waals surface area contributed by atoms with Crippen molar-refractivity contribution in [3.63, 3.8) is 0 Å². The maximum absolute atomic E-state index is 12.6. The highest BCUT2D eigenvalue weighted by Crippen LogP contribution is 2.39. The standard InChI is InChI=1S/C26H43N3O2/c1-9-11-15-27-20(4)24(23(10-2)22-13-12-14-22)21(5)28-16-17-29(19(3)18-28)25(30)31-26(6,7)8/h10-11,15,19,22H,9,12-14,16-18H2,1-8H3/b15-11+,23-10-,24-21-,27-20+. The maximum atomic E-state index is 12.6. The van der Waals surface area contributed by atoms with Gasteiger partial charge in [0.2, 0.25) is 0 Å². The summed E-state index contributed by atoms with van der Waals surface area (Å²) in [5, 5.41) is 0. The number of rotatable bonds is 6. The molecule has 1 aliphatic carbocycles. The van der Waals surface area contributed by atoms with Crippen LogP contribution in [-0.2, 0) is 4.74 Å². The van der Waals surface area contributed by atoms with Gasteiger partial charge in [0.15, 0.2) is 0 Å². The monoisotopic (exact) mass is 429 g/mol. The van der Waals surface area contributed by atoms with E-state index in [9.17, 15) is 4.79 Å².